The number of rotatable bonds is 7. The van der Waals surface area contributed by atoms with Gasteiger partial charge in [-0.25, -0.2) is 4.79 Å². The van der Waals surface area contributed by atoms with E-state index in [1.165, 1.54) is 10.5 Å². The maximum Gasteiger partial charge on any atom is 0.325 e. The van der Waals surface area contributed by atoms with Crippen molar-refractivity contribution in [3.63, 3.8) is 0 Å². The monoisotopic (exact) mass is 359 g/mol. The first-order valence-electron chi connectivity index (χ1n) is 9.07. The average Bonchev–Trinajstić information content (AvgIpc) is 2.87. The quantitative estimate of drug-likeness (QED) is 0.301. The Morgan fingerprint density at radius 3 is 2.58 bits per heavy atom. The van der Waals surface area contributed by atoms with Crippen LogP contribution >= 0.6 is 0 Å². The number of benzene rings is 1. The third kappa shape index (κ3) is 4.53. The molecule has 1 aliphatic heterocycles. The molecule has 0 aromatic heterocycles. The second-order valence-corrected chi connectivity index (χ2v) is 6.70. The number of carbonyl (C=O) groups is 2. The highest BCUT2D eigenvalue weighted by atomic mass is 16.2. The van der Waals surface area contributed by atoms with Gasteiger partial charge in [-0.15, -0.1) is 0 Å². The van der Waals surface area contributed by atoms with Gasteiger partial charge in [-0.1, -0.05) is 37.3 Å². The van der Waals surface area contributed by atoms with Crippen molar-refractivity contribution in [1.29, 1.82) is 0 Å². The molecule has 0 radical (unpaired) electrons. The minimum absolute atomic E-state index is 0.124. The summed E-state index contributed by atoms with van der Waals surface area (Å²) in [4.78, 5) is 29.8. The van der Waals surface area contributed by atoms with Gasteiger partial charge >= 0.3 is 6.03 Å². The number of urea groups is 1. The van der Waals surface area contributed by atoms with Crippen molar-refractivity contribution in [3.8, 4) is 0 Å². The van der Waals surface area contributed by atoms with Gasteiger partial charge in [-0.05, 0) is 32.3 Å². The zero-order valence-electron chi connectivity index (χ0n) is 16.0. The number of carbonyl (C=O) groups excluding carboxylic acids is 2. The second kappa shape index (κ2) is 8.69. The molecule has 1 aromatic rings. The van der Waals surface area contributed by atoms with Gasteiger partial charge in [0.15, 0.2) is 5.96 Å². The van der Waals surface area contributed by atoms with Gasteiger partial charge in [0.2, 0.25) is 0 Å². The van der Waals surface area contributed by atoms with Crippen LogP contribution in [0.15, 0.2) is 35.3 Å². The topological polar surface area (TPSA) is 85.8 Å². The van der Waals surface area contributed by atoms with Crippen LogP contribution in [0.4, 0.5) is 4.79 Å². The van der Waals surface area contributed by atoms with E-state index in [4.69, 9.17) is 0 Å². The van der Waals surface area contributed by atoms with E-state index in [0.29, 0.717) is 31.9 Å². The van der Waals surface area contributed by atoms with Crippen molar-refractivity contribution in [2.75, 3.05) is 20.1 Å². The largest absolute Gasteiger partial charge is 0.356 e. The molecule has 3 amide bonds. The van der Waals surface area contributed by atoms with Gasteiger partial charge in [0.05, 0.1) is 6.04 Å². The van der Waals surface area contributed by atoms with Crippen LogP contribution in [0, 0.1) is 0 Å². The molecule has 0 aliphatic carbocycles. The smallest absolute Gasteiger partial charge is 0.325 e. The van der Waals surface area contributed by atoms with Crippen molar-refractivity contribution < 1.29 is 9.59 Å². The Labute approximate surface area is 155 Å². The maximum absolute atomic E-state index is 12.3. The van der Waals surface area contributed by atoms with Crippen LogP contribution in [0.5, 0.6) is 0 Å². The Kier molecular flexibility index (Phi) is 6.60. The second-order valence-electron chi connectivity index (χ2n) is 6.70. The van der Waals surface area contributed by atoms with Crippen LogP contribution in [-0.2, 0) is 4.79 Å². The molecule has 1 fully saturated rings. The molecule has 2 atom stereocenters. The normalized spacial score (nSPS) is 21.5. The van der Waals surface area contributed by atoms with Crippen molar-refractivity contribution >= 4 is 17.9 Å². The van der Waals surface area contributed by atoms with E-state index in [-0.39, 0.29) is 18.0 Å². The van der Waals surface area contributed by atoms with E-state index in [2.05, 4.69) is 40.0 Å². The lowest BCUT2D eigenvalue weighted by molar-refractivity contribution is -0.130. The maximum atomic E-state index is 12.3. The Bertz CT molecular complexity index is 661. The molecule has 2 unspecified atom stereocenters. The average molecular weight is 359 g/mol. The molecule has 2 rings (SSSR count). The van der Waals surface area contributed by atoms with Gasteiger partial charge in [-0.2, -0.15) is 0 Å². The number of amides is 3. The van der Waals surface area contributed by atoms with E-state index >= 15 is 0 Å². The molecule has 7 heteroatoms. The summed E-state index contributed by atoms with van der Waals surface area (Å²) in [6.45, 7) is 6.73. The molecular weight excluding hydrogens is 330 g/mol. The van der Waals surface area contributed by atoms with Crippen molar-refractivity contribution in [2.45, 2.75) is 45.2 Å². The lowest BCUT2D eigenvalue weighted by atomic mass is 9.99. The minimum atomic E-state index is -0.771. The van der Waals surface area contributed by atoms with Crippen LogP contribution in [0.1, 0.15) is 45.2 Å². The predicted octanol–water partition coefficient (Wildman–Crippen LogP) is 2.02. The van der Waals surface area contributed by atoms with Crippen LogP contribution in [0.25, 0.3) is 0 Å². The lowest BCUT2D eigenvalue weighted by Gasteiger charge is -2.20. The highest BCUT2D eigenvalue weighted by Crippen LogP contribution is 2.20. The van der Waals surface area contributed by atoms with E-state index < -0.39 is 5.54 Å². The van der Waals surface area contributed by atoms with Gasteiger partial charge < -0.3 is 16.0 Å². The summed E-state index contributed by atoms with van der Waals surface area (Å²) < 4.78 is 0. The molecule has 1 aliphatic rings. The molecule has 142 valence electrons. The first-order chi connectivity index (χ1) is 12.4. The predicted molar refractivity (Wildman–Crippen MR) is 103 cm³/mol. The zero-order chi connectivity index (χ0) is 19.2. The standard InChI is InChI=1S/C19H29N5O2/c1-5-19(3)16(25)24(18(26)23-19)13-9-12-21-17(20-4)22-14(2)15-10-7-6-8-11-15/h6-8,10-11,14H,5,9,12-13H2,1-4H3,(H,23,26)(H2,20,21,22). The third-order valence-corrected chi connectivity index (χ3v) is 4.78. The Morgan fingerprint density at radius 1 is 1.31 bits per heavy atom. The number of imide groups is 1. The first kappa shape index (κ1) is 19.8. The summed E-state index contributed by atoms with van der Waals surface area (Å²) >= 11 is 0. The molecule has 0 spiro atoms. The Balaban J connectivity index is 1.78. The van der Waals surface area contributed by atoms with Crippen LogP contribution in [0.3, 0.4) is 0 Å². The number of nitrogens with zero attached hydrogens (tertiary/aromatic N) is 2. The fourth-order valence-electron chi connectivity index (χ4n) is 2.86. The van der Waals surface area contributed by atoms with Gasteiger partial charge in [0, 0.05) is 20.1 Å². The molecule has 1 saturated heterocycles. The fraction of sp³-hybridized carbons (Fsp3) is 0.526. The third-order valence-electron chi connectivity index (χ3n) is 4.78. The highest BCUT2D eigenvalue weighted by molar-refractivity contribution is 6.06. The molecule has 0 saturated carbocycles. The van der Waals surface area contributed by atoms with Crippen LogP contribution in [-0.4, -0.2) is 48.5 Å². The molecule has 26 heavy (non-hydrogen) atoms. The summed E-state index contributed by atoms with van der Waals surface area (Å²) in [6.07, 6.45) is 1.24. The molecule has 7 nitrogen and oxygen atoms in total. The summed E-state index contributed by atoms with van der Waals surface area (Å²) in [5.74, 6) is 0.544. The number of aliphatic imine (C=N–C) groups is 1. The van der Waals surface area contributed by atoms with Gasteiger partial charge in [-0.3, -0.25) is 14.7 Å². The highest BCUT2D eigenvalue weighted by Gasteiger charge is 2.45. The van der Waals surface area contributed by atoms with E-state index in [1.807, 2.05) is 25.1 Å². The number of hydrogen-bond donors (Lipinski definition) is 3. The van der Waals surface area contributed by atoms with Crippen molar-refractivity contribution in [2.24, 2.45) is 4.99 Å². The molecule has 1 heterocycles. The Morgan fingerprint density at radius 2 is 2.00 bits per heavy atom. The molecule has 3 N–H and O–H groups in total. The fourth-order valence-corrected chi connectivity index (χ4v) is 2.86. The summed E-state index contributed by atoms with van der Waals surface area (Å²) in [5, 5.41) is 9.32. The van der Waals surface area contributed by atoms with E-state index in [9.17, 15) is 9.59 Å². The molecular formula is C19H29N5O2. The Hall–Kier alpha value is -2.57. The summed E-state index contributed by atoms with van der Waals surface area (Å²) in [6, 6.07) is 9.94. The zero-order valence-corrected chi connectivity index (χ0v) is 16.0. The van der Waals surface area contributed by atoms with Crippen LogP contribution < -0.4 is 16.0 Å². The lowest BCUT2D eigenvalue weighted by Crippen LogP contribution is -2.43. The van der Waals surface area contributed by atoms with Crippen molar-refractivity contribution in [1.82, 2.24) is 20.9 Å². The number of guanidine groups is 1. The number of nitrogens with one attached hydrogen (secondary N) is 3. The molecule has 1 aromatic carbocycles. The van der Waals surface area contributed by atoms with E-state index in [1.54, 1.807) is 14.0 Å². The number of hydrogen-bond acceptors (Lipinski definition) is 3. The van der Waals surface area contributed by atoms with E-state index in [0.717, 1.165) is 0 Å². The van der Waals surface area contributed by atoms with Crippen LogP contribution in [0.2, 0.25) is 0 Å². The van der Waals surface area contributed by atoms with Gasteiger partial charge in [0.25, 0.3) is 5.91 Å². The van der Waals surface area contributed by atoms with Gasteiger partial charge in [0.1, 0.15) is 5.54 Å². The van der Waals surface area contributed by atoms with Crippen molar-refractivity contribution in [3.05, 3.63) is 35.9 Å². The first-order valence-corrected chi connectivity index (χ1v) is 9.07. The summed E-state index contributed by atoms with van der Waals surface area (Å²) in [5.41, 5.74) is 0.404. The SMILES string of the molecule is CCC1(C)NC(=O)N(CCCNC(=NC)NC(C)c2ccccc2)C1=O. The minimum Gasteiger partial charge on any atom is -0.356 e. The summed E-state index contributed by atoms with van der Waals surface area (Å²) in [7, 11) is 1.72. The molecule has 0 bridgehead atoms.